The Balaban J connectivity index is 1.94. The Morgan fingerprint density at radius 2 is 2.00 bits per heavy atom. The predicted octanol–water partition coefficient (Wildman–Crippen LogP) is 1.59. The van der Waals surface area contributed by atoms with E-state index in [9.17, 15) is 9.59 Å². The van der Waals surface area contributed by atoms with E-state index in [2.05, 4.69) is 10.3 Å². The van der Waals surface area contributed by atoms with Gasteiger partial charge in [-0.2, -0.15) is 0 Å². The van der Waals surface area contributed by atoms with Gasteiger partial charge >= 0.3 is 0 Å². The summed E-state index contributed by atoms with van der Waals surface area (Å²) >= 11 is 0. The van der Waals surface area contributed by atoms with E-state index < -0.39 is 11.4 Å². The lowest BCUT2D eigenvalue weighted by Crippen LogP contribution is -2.58. The number of amides is 2. The van der Waals surface area contributed by atoms with E-state index in [1.165, 1.54) is 14.0 Å². The third-order valence-electron chi connectivity index (χ3n) is 3.85. The highest BCUT2D eigenvalue weighted by molar-refractivity contribution is 5.90. The van der Waals surface area contributed by atoms with Crippen LogP contribution in [-0.2, 0) is 20.7 Å². The SMILES string of the molecule is COC[C@@](C)(NC(=O)CCc1ncc(-c2ccc(C)cc2)o1)C(N)=O. The Kier molecular flexibility index (Phi) is 5.93. The van der Waals surface area contributed by atoms with Gasteiger partial charge < -0.3 is 20.2 Å². The topological polar surface area (TPSA) is 107 Å². The summed E-state index contributed by atoms with van der Waals surface area (Å²) < 4.78 is 10.6. The first kappa shape index (κ1) is 18.7. The normalized spacial score (nSPS) is 13.2. The molecule has 7 heteroatoms. The minimum Gasteiger partial charge on any atom is -0.441 e. The quantitative estimate of drug-likeness (QED) is 0.755. The van der Waals surface area contributed by atoms with Crippen LogP contribution in [0.5, 0.6) is 0 Å². The van der Waals surface area contributed by atoms with Crippen molar-refractivity contribution in [3.05, 3.63) is 41.9 Å². The van der Waals surface area contributed by atoms with E-state index in [0.29, 0.717) is 18.1 Å². The molecular formula is C18H23N3O4. The fourth-order valence-corrected chi connectivity index (χ4v) is 2.33. The number of rotatable bonds is 8. The molecule has 0 bridgehead atoms. The van der Waals surface area contributed by atoms with Crippen LogP contribution in [0.2, 0.25) is 0 Å². The maximum absolute atomic E-state index is 12.1. The molecule has 0 aliphatic heterocycles. The van der Waals surface area contributed by atoms with Crippen LogP contribution in [0.1, 0.15) is 24.8 Å². The lowest BCUT2D eigenvalue weighted by atomic mass is 10.0. The molecule has 1 heterocycles. The standard InChI is InChI=1S/C18H23N3O4/c1-12-4-6-13(7-5-12)14-10-20-16(25-14)9-8-15(22)21-18(2,11-24-3)17(19)23/h4-7,10H,8-9,11H2,1-3H3,(H2,19,23)(H,21,22)/t18-/m1/s1. The van der Waals surface area contributed by atoms with Crippen molar-refractivity contribution in [1.82, 2.24) is 10.3 Å². The largest absolute Gasteiger partial charge is 0.441 e. The number of aromatic nitrogens is 1. The zero-order valence-electron chi connectivity index (χ0n) is 14.7. The monoisotopic (exact) mass is 345 g/mol. The number of oxazole rings is 1. The van der Waals surface area contributed by atoms with Crippen molar-refractivity contribution < 1.29 is 18.7 Å². The van der Waals surface area contributed by atoms with Crippen LogP contribution in [-0.4, -0.2) is 36.1 Å². The molecule has 7 nitrogen and oxygen atoms in total. The number of carbonyl (C=O) groups is 2. The number of ether oxygens (including phenoxy) is 1. The molecule has 0 saturated carbocycles. The van der Waals surface area contributed by atoms with Crippen LogP contribution in [0.4, 0.5) is 0 Å². The van der Waals surface area contributed by atoms with Gasteiger partial charge in [0.2, 0.25) is 11.8 Å². The summed E-state index contributed by atoms with van der Waals surface area (Å²) in [4.78, 5) is 27.8. The first-order chi connectivity index (χ1) is 11.8. The molecule has 2 amide bonds. The van der Waals surface area contributed by atoms with Crippen molar-refractivity contribution in [2.75, 3.05) is 13.7 Å². The van der Waals surface area contributed by atoms with Gasteiger partial charge in [-0.05, 0) is 13.8 Å². The van der Waals surface area contributed by atoms with Crippen LogP contribution >= 0.6 is 0 Å². The highest BCUT2D eigenvalue weighted by atomic mass is 16.5. The van der Waals surface area contributed by atoms with E-state index in [1.54, 1.807) is 6.20 Å². The number of hydrogen-bond donors (Lipinski definition) is 2. The smallest absolute Gasteiger partial charge is 0.245 e. The lowest BCUT2D eigenvalue weighted by molar-refractivity contribution is -0.133. The number of primary amides is 1. The van der Waals surface area contributed by atoms with Crippen LogP contribution < -0.4 is 11.1 Å². The van der Waals surface area contributed by atoms with Crippen LogP contribution in [0.15, 0.2) is 34.9 Å². The molecule has 134 valence electrons. The summed E-state index contributed by atoms with van der Waals surface area (Å²) in [6.07, 6.45) is 2.08. The van der Waals surface area contributed by atoms with E-state index in [-0.39, 0.29) is 18.9 Å². The molecule has 2 rings (SSSR count). The average Bonchev–Trinajstić information content (AvgIpc) is 3.02. The van der Waals surface area contributed by atoms with Gasteiger partial charge in [0.05, 0.1) is 12.8 Å². The summed E-state index contributed by atoms with van der Waals surface area (Å²) in [5.41, 5.74) is 6.17. The number of carbonyl (C=O) groups excluding carboxylic acids is 2. The molecule has 0 radical (unpaired) electrons. The summed E-state index contributed by atoms with van der Waals surface area (Å²) in [5, 5.41) is 2.60. The Hall–Kier alpha value is -2.67. The average molecular weight is 345 g/mol. The fourth-order valence-electron chi connectivity index (χ4n) is 2.33. The first-order valence-corrected chi connectivity index (χ1v) is 7.95. The van der Waals surface area contributed by atoms with Gasteiger partial charge in [0.25, 0.3) is 0 Å². The Morgan fingerprint density at radius 3 is 2.60 bits per heavy atom. The summed E-state index contributed by atoms with van der Waals surface area (Å²) in [7, 11) is 1.44. The van der Waals surface area contributed by atoms with Crippen LogP contribution in [0.25, 0.3) is 11.3 Å². The third-order valence-corrected chi connectivity index (χ3v) is 3.85. The molecule has 0 spiro atoms. The number of methoxy groups -OCH3 is 1. The van der Waals surface area contributed by atoms with Gasteiger partial charge in [0.1, 0.15) is 5.54 Å². The number of nitrogens with two attached hydrogens (primary N) is 1. The van der Waals surface area contributed by atoms with Crippen molar-refractivity contribution in [3.63, 3.8) is 0 Å². The highest BCUT2D eigenvalue weighted by Gasteiger charge is 2.32. The molecule has 0 saturated heterocycles. The molecule has 0 unspecified atom stereocenters. The molecule has 0 aliphatic rings. The zero-order chi connectivity index (χ0) is 18.4. The molecular weight excluding hydrogens is 322 g/mol. The van der Waals surface area contributed by atoms with Crippen molar-refractivity contribution in [1.29, 1.82) is 0 Å². The molecule has 1 atom stereocenters. The number of benzene rings is 1. The molecule has 3 N–H and O–H groups in total. The molecule has 2 aromatic rings. The van der Waals surface area contributed by atoms with Gasteiger partial charge in [-0.25, -0.2) is 4.98 Å². The number of hydrogen-bond acceptors (Lipinski definition) is 5. The van der Waals surface area contributed by atoms with Crippen LogP contribution in [0.3, 0.4) is 0 Å². The number of aryl methyl sites for hydroxylation is 2. The molecule has 0 aliphatic carbocycles. The van der Waals surface area contributed by atoms with Gasteiger partial charge in [-0.15, -0.1) is 0 Å². The van der Waals surface area contributed by atoms with Gasteiger partial charge in [0, 0.05) is 25.5 Å². The Morgan fingerprint density at radius 1 is 1.32 bits per heavy atom. The van der Waals surface area contributed by atoms with E-state index in [4.69, 9.17) is 14.9 Å². The lowest BCUT2D eigenvalue weighted by Gasteiger charge is -2.26. The molecule has 1 aromatic heterocycles. The van der Waals surface area contributed by atoms with Crippen molar-refractivity contribution in [2.24, 2.45) is 5.73 Å². The fraction of sp³-hybridized carbons (Fsp3) is 0.389. The van der Waals surface area contributed by atoms with Gasteiger partial charge in [-0.3, -0.25) is 9.59 Å². The number of nitrogens with one attached hydrogen (secondary N) is 1. The maximum Gasteiger partial charge on any atom is 0.245 e. The molecule has 0 fully saturated rings. The van der Waals surface area contributed by atoms with Gasteiger partial charge in [-0.1, -0.05) is 29.8 Å². The third kappa shape index (κ3) is 4.90. The van der Waals surface area contributed by atoms with Crippen LogP contribution in [0, 0.1) is 6.92 Å². The molecule has 1 aromatic carbocycles. The molecule has 25 heavy (non-hydrogen) atoms. The second-order valence-corrected chi connectivity index (χ2v) is 6.16. The second-order valence-electron chi connectivity index (χ2n) is 6.16. The summed E-state index contributed by atoms with van der Waals surface area (Å²) in [6.45, 7) is 3.54. The summed E-state index contributed by atoms with van der Waals surface area (Å²) in [5.74, 6) is 0.129. The van der Waals surface area contributed by atoms with E-state index >= 15 is 0 Å². The summed E-state index contributed by atoms with van der Waals surface area (Å²) in [6, 6.07) is 7.89. The van der Waals surface area contributed by atoms with Crippen molar-refractivity contribution in [2.45, 2.75) is 32.2 Å². The first-order valence-electron chi connectivity index (χ1n) is 7.95. The maximum atomic E-state index is 12.1. The van der Waals surface area contributed by atoms with Crippen molar-refractivity contribution >= 4 is 11.8 Å². The van der Waals surface area contributed by atoms with E-state index in [1.807, 2.05) is 31.2 Å². The van der Waals surface area contributed by atoms with Gasteiger partial charge in [0.15, 0.2) is 11.7 Å². The number of nitrogens with zero attached hydrogens (tertiary/aromatic N) is 1. The Labute approximate surface area is 146 Å². The van der Waals surface area contributed by atoms with Crippen molar-refractivity contribution in [3.8, 4) is 11.3 Å². The highest BCUT2D eigenvalue weighted by Crippen LogP contribution is 2.21. The predicted molar refractivity (Wildman–Crippen MR) is 92.6 cm³/mol. The second kappa shape index (κ2) is 7.94. The zero-order valence-corrected chi connectivity index (χ0v) is 14.7. The Bertz CT molecular complexity index is 739. The van der Waals surface area contributed by atoms with E-state index in [0.717, 1.165) is 11.1 Å². The minimum atomic E-state index is -1.24. The minimum absolute atomic E-state index is 0.00461.